The third-order valence-electron chi connectivity index (χ3n) is 3.74. The van der Waals surface area contributed by atoms with E-state index >= 15 is 0 Å². The lowest BCUT2D eigenvalue weighted by molar-refractivity contribution is -0.0431. The van der Waals surface area contributed by atoms with Gasteiger partial charge in [-0.1, -0.05) is 12.1 Å². The average molecular weight is 299 g/mol. The number of ether oxygens (including phenoxy) is 1. The van der Waals surface area contributed by atoms with Crippen LogP contribution >= 0.6 is 0 Å². The summed E-state index contributed by atoms with van der Waals surface area (Å²) in [5.41, 5.74) is 6.15. The molecule has 1 heterocycles. The van der Waals surface area contributed by atoms with Gasteiger partial charge in [-0.2, -0.15) is 0 Å². The predicted molar refractivity (Wildman–Crippen MR) is 79.7 cm³/mol. The van der Waals surface area contributed by atoms with Crippen LogP contribution in [-0.2, 0) is 0 Å². The van der Waals surface area contributed by atoms with Crippen molar-refractivity contribution in [3.8, 4) is 11.5 Å². The molecule has 1 aliphatic rings. The number of carbonyl (C=O) groups excluding carboxylic acids is 1. The summed E-state index contributed by atoms with van der Waals surface area (Å²) in [6.45, 7) is 0.258. The molecule has 0 saturated heterocycles. The van der Waals surface area contributed by atoms with E-state index in [0.29, 0.717) is 16.7 Å². The Kier molecular flexibility index (Phi) is 3.93. The van der Waals surface area contributed by atoms with E-state index in [9.17, 15) is 10.0 Å². The summed E-state index contributed by atoms with van der Waals surface area (Å²) in [6, 6.07) is 10.7. The maximum absolute atomic E-state index is 10.8. The first-order valence-electron chi connectivity index (χ1n) is 7.07. The number of amides is 2. The summed E-state index contributed by atoms with van der Waals surface area (Å²) in [4.78, 5) is 14.8. The van der Waals surface area contributed by atoms with Gasteiger partial charge in [0, 0.05) is 6.20 Å². The number of hydroxylamine groups is 2. The third kappa shape index (κ3) is 3.35. The first-order chi connectivity index (χ1) is 10.6. The predicted octanol–water partition coefficient (Wildman–Crippen LogP) is 2.75. The number of urea groups is 1. The minimum Gasteiger partial charge on any atom is -0.456 e. The summed E-state index contributed by atoms with van der Waals surface area (Å²) in [6.07, 6.45) is 4.27. The molecule has 1 saturated carbocycles. The largest absolute Gasteiger partial charge is 0.456 e. The fourth-order valence-electron chi connectivity index (χ4n) is 2.52. The third-order valence-corrected chi connectivity index (χ3v) is 3.74. The Morgan fingerprint density at radius 3 is 2.91 bits per heavy atom. The van der Waals surface area contributed by atoms with Crippen molar-refractivity contribution in [2.75, 3.05) is 6.54 Å². The van der Waals surface area contributed by atoms with Gasteiger partial charge in [-0.3, -0.25) is 10.2 Å². The van der Waals surface area contributed by atoms with E-state index in [1.165, 1.54) is 0 Å². The van der Waals surface area contributed by atoms with Crippen LogP contribution in [0.1, 0.15) is 17.9 Å². The standard InChI is InChI=1S/C16H17N3O3/c17-16(20)19(21)10-12-8-15(12)11-3-1-4-13(7-11)22-14-5-2-6-18-9-14/h1-7,9,12,15,21H,8,10H2,(H2,17,20). The van der Waals surface area contributed by atoms with Crippen LogP contribution < -0.4 is 10.5 Å². The molecule has 1 aromatic carbocycles. The topological polar surface area (TPSA) is 88.7 Å². The van der Waals surface area contributed by atoms with Crippen molar-refractivity contribution in [2.45, 2.75) is 12.3 Å². The maximum Gasteiger partial charge on any atom is 0.338 e. The lowest BCUT2D eigenvalue weighted by atomic mass is 10.1. The van der Waals surface area contributed by atoms with Crippen molar-refractivity contribution in [3.05, 3.63) is 54.4 Å². The highest BCUT2D eigenvalue weighted by Gasteiger charge is 2.40. The van der Waals surface area contributed by atoms with Crippen molar-refractivity contribution >= 4 is 6.03 Å². The zero-order valence-corrected chi connectivity index (χ0v) is 11.9. The number of nitrogens with zero attached hydrogens (tertiary/aromatic N) is 2. The van der Waals surface area contributed by atoms with Crippen LogP contribution in [0.5, 0.6) is 11.5 Å². The number of carbonyl (C=O) groups is 1. The highest BCUT2D eigenvalue weighted by molar-refractivity contribution is 5.70. The van der Waals surface area contributed by atoms with Gasteiger partial charge in [0.15, 0.2) is 0 Å². The summed E-state index contributed by atoms with van der Waals surface area (Å²) < 4.78 is 5.76. The van der Waals surface area contributed by atoms with Gasteiger partial charge in [-0.25, -0.2) is 9.86 Å². The monoisotopic (exact) mass is 299 g/mol. The van der Waals surface area contributed by atoms with E-state index in [1.54, 1.807) is 12.4 Å². The van der Waals surface area contributed by atoms with Gasteiger partial charge in [-0.05, 0) is 48.1 Å². The van der Waals surface area contributed by atoms with Crippen molar-refractivity contribution < 1.29 is 14.7 Å². The van der Waals surface area contributed by atoms with Gasteiger partial charge in [0.25, 0.3) is 0 Å². The number of hydrogen-bond acceptors (Lipinski definition) is 4. The van der Waals surface area contributed by atoms with Crippen LogP contribution in [0.3, 0.4) is 0 Å². The van der Waals surface area contributed by atoms with Gasteiger partial charge < -0.3 is 10.5 Å². The molecule has 3 rings (SSSR count). The lowest BCUT2D eigenvalue weighted by Crippen LogP contribution is -2.34. The van der Waals surface area contributed by atoms with Crippen molar-refractivity contribution in [1.29, 1.82) is 0 Å². The highest BCUT2D eigenvalue weighted by Crippen LogP contribution is 2.48. The number of benzene rings is 1. The van der Waals surface area contributed by atoms with Gasteiger partial charge in [0.2, 0.25) is 0 Å². The Labute approximate surface area is 128 Å². The zero-order chi connectivity index (χ0) is 15.5. The van der Waals surface area contributed by atoms with E-state index in [1.807, 2.05) is 36.4 Å². The molecule has 1 fully saturated rings. The lowest BCUT2D eigenvalue weighted by Gasteiger charge is -2.11. The minimum absolute atomic E-state index is 0.228. The van der Waals surface area contributed by atoms with Crippen LogP contribution in [-0.4, -0.2) is 27.8 Å². The molecular weight excluding hydrogens is 282 g/mol. The average Bonchev–Trinajstić information content (AvgIpc) is 3.28. The van der Waals surface area contributed by atoms with Crippen LogP contribution in [0, 0.1) is 5.92 Å². The van der Waals surface area contributed by atoms with Crippen LogP contribution in [0.2, 0.25) is 0 Å². The molecular formula is C16H17N3O3. The molecule has 0 bridgehead atoms. The van der Waals surface area contributed by atoms with Crippen LogP contribution in [0.25, 0.3) is 0 Å². The van der Waals surface area contributed by atoms with E-state index in [2.05, 4.69) is 4.98 Å². The second kappa shape index (κ2) is 6.03. The number of hydrogen-bond donors (Lipinski definition) is 2. The summed E-state index contributed by atoms with van der Waals surface area (Å²) >= 11 is 0. The van der Waals surface area contributed by atoms with Crippen LogP contribution in [0.4, 0.5) is 4.79 Å². The molecule has 3 N–H and O–H groups in total. The molecule has 22 heavy (non-hydrogen) atoms. The summed E-state index contributed by atoms with van der Waals surface area (Å²) in [5.74, 6) is 1.96. The zero-order valence-electron chi connectivity index (χ0n) is 11.9. The normalized spacial score (nSPS) is 19.5. The molecule has 0 aliphatic heterocycles. The molecule has 2 unspecified atom stereocenters. The Hall–Kier alpha value is -2.60. The number of primary amides is 1. The summed E-state index contributed by atoms with van der Waals surface area (Å²) in [7, 11) is 0. The number of nitrogens with two attached hydrogens (primary N) is 1. The van der Waals surface area contributed by atoms with Gasteiger partial charge in [-0.15, -0.1) is 0 Å². The molecule has 0 spiro atoms. The Bertz CT molecular complexity index is 663. The van der Waals surface area contributed by atoms with Gasteiger partial charge in [0.1, 0.15) is 11.5 Å². The molecule has 114 valence electrons. The number of aromatic nitrogens is 1. The molecule has 6 heteroatoms. The second-order valence-electron chi connectivity index (χ2n) is 5.39. The number of rotatable bonds is 5. The van der Waals surface area contributed by atoms with Gasteiger partial charge >= 0.3 is 6.03 Å². The smallest absolute Gasteiger partial charge is 0.338 e. The molecule has 2 aromatic rings. The molecule has 2 atom stereocenters. The quantitative estimate of drug-likeness (QED) is 0.656. The van der Waals surface area contributed by atoms with E-state index in [-0.39, 0.29) is 12.5 Å². The van der Waals surface area contributed by atoms with Crippen molar-refractivity contribution in [2.24, 2.45) is 11.7 Å². The van der Waals surface area contributed by atoms with Crippen molar-refractivity contribution in [3.63, 3.8) is 0 Å². The Morgan fingerprint density at radius 1 is 1.36 bits per heavy atom. The minimum atomic E-state index is -0.820. The summed E-state index contributed by atoms with van der Waals surface area (Å²) in [5, 5.41) is 9.95. The molecule has 1 aromatic heterocycles. The van der Waals surface area contributed by atoms with E-state index in [0.717, 1.165) is 17.7 Å². The first kappa shape index (κ1) is 14.3. The van der Waals surface area contributed by atoms with Crippen molar-refractivity contribution in [1.82, 2.24) is 10.0 Å². The molecule has 0 radical (unpaired) electrons. The Morgan fingerprint density at radius 2 is 2.18 bits per heavy atom. The molecule has 6 nitrogen and oxygen atoms in total. The number of pyridine rings is 1. The van der Waals surface area contributed by atoms with E-state index < -0.39 is 6.03 Å². The maximum atomic E-state index is 10.8. The molecule has 2 amide bonds. The highest BCUT2D eigenvalue weighted by atomic mass is 16.5. The fraction of sp³-hybridized carbons (Fsp3) is 0.250. The van der Waals surface area contributed by atoms with Gasteiger partial charge in [0.05, 0.1) is 12.7 Å². The Balaban J connectivity index is 1.64. The van der Waals surface area contributed by atoms with E-state index in [4.69, 9.17) is 10.5 Å². The molecule has 1 aliphatic carbocycles. The van der Waals surface area contributed by atoms with Crippen LogP contribution in [0.15, 0.2) is 48.8 Å². The second-order valence-corrected chi connectivity index (χ2v) is 5.39. The SMILES string of the molecule is NC(=O)N(O)CC1CC1c1cccc(Oc2cccnc2)c1. The fourth-order valence-corrected chi connectivity index (χ4v) is 2.52. The first-order valence-corrected chi connectivity index (χ1v) is 7.07.